The molecular formula is C16H21FN2O2. The average Bonchev–Trinajstić information content (AvgIpc) is 2.57. The fourth-order valence-corrected chi connectivity index (χ4v) is 3.98. The van der Waals surface area contributed by atoms with Crippen LogP contribution in [0.25, 0.3) is 0 Å². The molecule has 4 nitrogen and oxygen atoms in total. The third-order valence-corrected chi connectivity index (χ3v) is 4.95. The minimum Gasteiger partial charge on any atom is -0.632 e. The largest absolute Gasteiger partial charge is 0.632 e. The third kappa shape index (κ3) is 2.11. The van der Waals surface area contributed by atoms with Crippen LogP contribution in [0.2, 0.25) is 0 Å². The number of piperazine rings is 1. The van der Waals surface area contributed by atoms with E-state index < -0.39 is 15.6 Å². The number of benzene rings is 1. The molecule has 0 spiro atoms. The maximum Gasteiger partial charge on any atom is 0.206 e. The van der Waals surface area contributed by atoms with Crippen LogP contribution >= 0.6 is 0 Å². The summed E-state index contributed by atoms with van der Waals surface area (Å²) in [6.07, 6.45) is 0.367. The Morgan fingerprint density at radius 1 is 1.33 bits per heavy atom. The average molecular weight is 292 g/mol. The van der Waals surface area contributed by atoms with E-state index in [0.717, 1.165) is 5.56 Å². The second-order valence-electron chi connectivity index (χ2n) is 7.00. The SMILES string of the molecule is CC1(C)C[N+]2([O-])CCNCC2(Cc2ccc(F)cc2)C1=O. The number of halogens is 1. The Morgan fingerprint density at radius 2 is 2.00 bits per heavy atom. The van der Waals surface area contributed by atoms with Crippen molar-refractivity contribution in [3.63, 3.8) is 0 Å². The molecule has 21 heavy (non-hydrogen) atoms. The molecule has 2 aliphatic heterocycles. The van der Waals surface area contributed by atoms with Gasteiger partial charge in [-0.15, -0.1) is 0 Å². The topological polar surface area (TPSA) is 52.2 Å². The molecule has 3 rings (SSSR count). The molecule has 1 N–H and O–H groups in total. The number of hydrogen-bond acceptors (Lipinski definition) is 3. The molecule has 2 atom stereocenters. The summed E-state index contributed by atoms with van der Waals surface area (Å²) in [5.41, 5.74) is -0.739. The first-order valence-electron chi connectivity index (χ1n) is 7.37. The number of ketones is 1. The van der Waals surface area contributed by atoms with Crippen molar-refractivity contribution in [2.24, 2.45) is 5.41 Å². The number of nitrogens with one attached hydrogen (secondary N) is 1. The number of Topliss-reactive ketones (excluding diaryl/α,β-unsaturated/α-hetero) is 1. The fourth-order valence-electron chi connectivity index (χ4n) is 3.98. The molecule has 0 saturated carbocycles. The van der Waals surface area contributed by atoms with Gasteiger partial charge in [0.05, 0.1) is 25.0 Å². The minimum absolute atomic E-state index is 0.0292. The minimum atomic E-state index is -0.973. The van der Waals surface area contributed by atoms with Crippen molar-refractivity contribution in [2.75, 3.05) is 26.2 Å². The van der Waals surface area contributed by atoms with Crippen LogP contribution in [0.3, 0.4) is 0 Å². The van der Waals surface area contributed by atoms with Gasteiger partial charge in [-0.1, -0.05) is 12.1 Å². The summed E-state index contributed by atoms with van der Waals surface area (Å²) in [6, 6.07) is 6.10. The first-order chi connectivity index (χ1) is 9.79. The first-order valence-corrected chi connectivity index (χ1v) is 7.37. The van der Waals surface area contributed by atoms with Gasteiger partial charge in [-0.25, -0.2) is 4.39 Å². The zero-order valence-electron chi connectivity index (χ0n) is 12.5. The number of nitrogens with zero attached hydrogens (tertiary/aromatic N) is 1. The van der Waals surface area contributed by atoms with Crippen LogP contribution in [0.4, 0.5) is 4.39 Å². The van der Waals surface area contributed by atoms with Crippen LogP contribution in [0.1, 0.15) is 19.4 Å². The molecule has 2 heterocycles. The van der Waals surface area contributed by atoms with Gasteiger partial charge in [0.1, 0.15) is 5.82 Å². The highest BCUT2D eigenvalue weighted by molar-refractivity contribution is 5.94. The Kier molecular flexibility index (Phi) is 3.20. The smallest absolute Gasteiger partial charge is 0.206 e. The van der Waals surface area contributed by atoms with Gasteiger partial charge in [0.2, 0.25) is 5.78 Å². The molecule has 1 aromatic carbocycles. The zero-order chi connectivity index (χ0) is 15.3. The third-order valence-electron chi connectivity index (χ3n) is 4.95. The van der Waals surface area contributed by atoms with E-state index in [-0.39, 0.29) is 11.6 Å². The Balaban J connectivity index is 2.02. The summed E-state index contributed by atoms with van der Waals surface area (Å²) < 4.78 is 12.6. The lowest BCUT2D eigenvalue weighted by atomic mass is 9.78. The van der Waals surface area contributed by atoms with Crippen molar-refractivity contribution in [3.05, 3.63) is 40.9 Å². The van der Waals surface area contributed by atoms with Crippen LogP contribution in [-0.2, 0) is 11.2 Å². The van der Waals surface area contributed by atoms with Gasteiger partial charge in [-0.2, -0.15) is 0 Å². The van der Waals surface area contributed by atoms with Crippen LogP contribution < -0.4 is 5.32 Å². The molecule has 2 aliphatic rings. The summed E-state index contributed by atoms with van der Waals surface area (Å²) in [7, 11) is 0. The molecule has 0 radical (unpaired) electrons. The summed E-state index contributed by atoms with van der Waals surface area (Å²) in [5.74, 6) is -0.277. The molecule has 2 saturated heterocycles. The van der Waals surface area contributed by atoms with Crippen LogP contribution in [0.15, 0.2) is 24.3 Å². The number of fused-ring (bicyclic) bond motifs is 1. The summed E-state index contributed by atoms with van der Waals surface area (Å²) in [4.78, 5) is 12.9. The fraction of sp³-hybridized carbons (Fsp3) is 0.562. The molecule has 0 aliphatic carbocycles. The van der Waals surface area contributed by atoms with Gasteiger partial charge < -0.3 is 15.2 Å². The van der Waals surface area contributed by atoms with E-state index in [2.05, 4.69) is 5.32 Å². The molecule has 114 valence electrons. The Bertz CT molecular complexity index is 572. The van der Waals surface area contributed by atoms with Crippen LogP contribution in [0.5, 0.6) is 0 Å². The van der Waals surface area contributed by atoms with Crippen molar-refractivity contribution in [1.29, 1.82) is 0 Å². The predicted molar refractivity (Wildman–Crippen MR) is 77.9 cm³/mol. The summed E-state index contributed by atoms with van der Waals surface area (Å²) >= 11 is 0. The van der Waals surface area contributed by atoms with Crippen LogP contribution in [-0.4, -0.2) is 42.1 Å². The zero-order valence-corrected chi connectivity index (χ0v) is 12.5. The lowest BCUT2D eigenvalue weighted by Crippen LogP contribution is -2.70. The van der Waals surface area contributed by atoms with Crippen molar-refractivity contribution >= 4 is 5.78 Å². The van der Waals surface area contributed by atoms with E-state index >= 15 is 0 Å². The van der Waals surface area contributed by atoms with Gasteiger partial charge in [0, 0.05) is 13.0 Å². The Labute approximate surface area is 124 Å². The number of quaternary nitrogens is 1. The number of carbonyl (C=O) groups is 1. The van der Waals surface area contributed by atoms with E-state index in [0.29, 0.717) is 32.6 Å². The van der Waals surface area contributed by atoms with E-state index in [1.165, 1.54) is 12.1 Å². The standard InChI is InChI=1S/C16H21FN2O2/c1-15(2)11-19(21)8-7-18-10-16(19,14(15)20)9-12-3-5-13(17)6-4-12/h3-6,18H,7-11H2,1-2H3. The van der Waals surface area contributed by atoms with Crippen molar-refractivity contribution in [3.8, 4) is 0 Å². The van der Waals surface area contributed by atoms with Gasteiger partial charge in [0.25, 0.3) is 0 Å². The van der Waals surface area contributed by atoms with Crippen molar-refractivity contribution < 1.29 is 13.8 Å². The van der Waals surface area contributed by atoms with Gasteiger partial charge in [0.15, 0.2) is 5.54 Å². The quantitative estimate of drug-likeness (QED) is 0.666. The molecule has 0 amide bonds. The lowest BCUT2D eigenvalue weighted by molar-refractivity contribution is -0.917. The molecule has 5 heteroatoms. The monoisotopic (exact) mass is 292 g/mol. The highest BCUT2D eigenvalue weighted by Crippen LogP contribution is 2.45. The van der Waals surface area contributed by atoms with Crippen molar-refractivity contribution in [2.45, 2.75) is 25.8 Å². The van der Waals surface area contributed by atoms with Crippen molar-refractivity contribution in [1.82, 2.24) is 5.32 Å². The van der Waals surface area contributed by atoms with E-state index in [9.17, 15) is 14.4 Å². The van der Waals surface area contributed by atoms with Gasteiger partial charge in [-0.3, -0.25) is 4.79 Å². The summed E-state index contributed by atoms with van der Waals surface area (Å²) in [5, 5.41) is 16.5. The molecular weight excluding hydrogens is 271 g/mol. The highest BCUT2D eigenvalue weighted by atomic mass is 19.1. The molecule has 2 unspecified atom stereocenters. The first kappa shape index (κ1) is 14.6. The van der Waals surface area contributed by atoms with E-state index in [4.69, 9.17) is 0 Å². The molecule has 0 bridgehead atoms. The molecule has 0 aromatic heterocycles. The van der Waals surface area contributed by atoms with Crippen LogP contribution in [0, 0.1) is 16.4 Å². The van der Waals surface area contributed by atoms with E-state index in [1.54, 1.807) is 12.1 Å². The predicted octanol–water partition coefficient (Wildman–Crippen LogP) is 1.63. The summed E-state index contributed by atoms with van der Waals surface area (Å²) in [6.45, 7) is 5.50. The number of hydrogen-bond donors (Lipinski definition) is 1. The lowest BCUT2D eigenvalue weighted by Gasteiger charge is -2.54. The molecule has 2 fully saturated rings. The maximum absolute atomic E-state index is 13.3. The Morgan fingerprint density at radius 3 is 2.67 bits per heavy atom. The maximum atomic E-state index is 13.3. The van der Waals surface area contributed by atoms with Gasteiger partial charge in [-0.05, 0) is 31.5 Å². The molecule has 1 aromatic rings. The Hall–Kier alpha value is -1.30. The van der Waals surface area contributed by atoms with E-state index in [1.807, 2.05) is 13.8 Å². The van der Waals surface area contributed by atoms with Gasteiger partial charge >= 0.3 is 0 Å². The normalized spacial score (nSPS) is 34.8. The second-order valence-corrected chi connectivity index (χ2v) is 7.00. The number of carbonyl (C=O) groups excluding carboxylic acids is 1. The number of rotatable bonds is 2. The highest BCUT2D eigenvalue weighted by Gasteiger charge is 2.65. The second kappa shape index (κ2) is 4.60. The number of hydroxylamine groups is 3.